The number of thioether (sulfide) groups is 1. The standard InChI is InChI=1S/C24H26N4O4S2/c1-17(23(29)28-15-12-18-8-3-4-11-21(18)28)33-24-26-25-22(32-24)19-9-7-10-20(16-19)34(30,31)27-13-5-2-6-14-27/h3-4,7-11,16-17H,2,5-6,12-15H2,1H3. The second-order valence-electron chi connectivity index (χ2n) is 8.49. The Labute approximate surface area is 203 Å². The molecular formula is C24H26N4O4S2. The van der Waals surface area contributed by atoms with Crippen molar-refractivity contribution in [1.82, 2.24) is 14.5 Å². The zero-order valence-electron chi connectivity index (χ0n) is 18.9. The lowest BCUT2D eigenvalue weighted by molar-refractivity contribution is -0.117. The fourth-order valence-corrected chi connectivity index (χ4v) is 6.72. The van der Waals surface area contributed by atoms with Crippen LogP contribution in [0.25, 0.3) is 11.5 Å². The summed E-state index contributed by atoms with van der Waals surface area (Å²) in [6, 6.07) is 14.5. The van der Waals surface area contributed by atoms with Crippen molar-refractivity contribution >= 4 is 33.4 Å². The van der Waals surface area contributed by atoms with Gasteiger partial charge in [0.1, 0.15) is 0 Å². The highest BCUT2D eigenvalue weighted by atomic mass is 32.2. The van der Waals surface area contributed by atoms with Crippen LogP contribution in [0.5, 0.6) is 0 Å². The molecule has 0 N–H and O–H groups in total. The summed E-state index contributed by atoms with van der Waals surface area (Å²) < 4.78 is 33.4. The largest absolute Gasteiger partial charge is 0.411 e. The lowest BCUT2D eigenvalue weighted by atomic mass is 10.2. The first-order chi connectivity index (χ1) is 16.4. The molecule has 1 atom stereocenters. The summed E-state index contributed by atoms with van der Waals surface area (Å²) in [5, 5.41) is 8.04. The predicted molar refractivity (Wildman–Crippen MR) is 130 cm³/mol. The molecule has 8 nitrogen and oxygen atoms in total. The number of benzene rings is 2. The molecule has 1 unspecified atom stereocenters. The van der Waals surface area contributed by atoms with Gasteiger partial charge in [0.15, 0.2) is 0 Å². The highest BCUT2D eigenvalue weighted by Crippen LogP contribution is 2.32. The van der Waals surface area contributed by atoms with Crippen LogP contribution in [-0.2, 0) is 21.2 Å². The number of nitrogens with zero attached hydrogens (tertiary/aromatic N) is 4. The molecular weight excluding hydrogens is 472 g/mol. The molecule has 5 rings (SSSR count). The van der Waals surface area contributed by atoms with Crippen molar-refractivity contribution in [1.29, 1.82) is 0 Å². The Morgan fingerprint density at radius 1 is 1.03 bits per heavy atom. The molecule has 10 heteroatoms. The number of hydrogen-bond acceptors (Lipinski definition) is 7. The van der Waals surface area contributed by atoms with Crippen molar-refractivity contribution < 1.29 is 17.6 Å². The number of aromatic nitrogens is 2. The molecule has 0 aliphatic carbocycles. The molecule has 1 amide bonds. The minimum Gasteiger partial charge on any atom is -0.411 e. The number of hydrogen-bond donors (Lipinski definition) is 0. The maximum absolute atomic E-state index is 13.0. The summed E-state index contributed by atoms with van der Waals surface area (Å²) in [6.45, 7) is 3.57. The summed E-state index contributed by atoms with van der Waals surface area (Å²) in [5.74, 6) is 0.216. The molecule has 34 heavy (non-hydrogen) atoms. The van der Waals surface area contributed by atoms with Crippen molar-refractivity contribution in [2.24, 2.45) is 0 Å². The highest BCUT2D eigenvalue weighted by Gasteiger charge is 2.30. The molecule has 3 aromatic rings. The van der Waals surface area contributed by atoms with Crippen molar-refractivity contribution in [2.75, 3.05) is 24.5 Å². The van der Waals surface area contributed by atoms with E-state index in [1.165, 1.54) is 21.6 Å². The molecule has 1 saturated heterocycles. The molecule has 1 fully saturated rings. The van der Waals surface area contributed by atoms with Gasteiger partial charge in [0, 0.05) is 30.9 Å². The van der Waals surface area contributed by atoms with E-state index in [-0.39, 0.29) is 21.9 Å². The average molecular weight is 499 g/mol. The lowest BCUT2D eigenvalue weighted by Gasteiger charge is -2.25. The van der Waals surface area contributed by atoms with Crippen LogP contribution in [0.15, 0.2) is 63.1 Å². The quantitative estimate of drug-likeness (QED) is 0.474. The first-order valence-corrected chi connectivity index (χ1v) is 13.8. The van der Waals surface area contributed by atoms with Crippen LogP contribution in [0.1, 0.15) is 31.7 Å². The van der Waals surface area contributed by atoms with E-state index in [0.29, 0.717) is 25.2 Å². The smallest absolute Gasteiger partial charge is 0.277 e. The van der Waals surface area contributed by atoms with E-state index in [1.54, 1.807) is 29.2 Å². The number of rotatable bonds is 6. The summed E-state index contributed by atoms with van der Waals surface area (Å²) in [7, 11) is -3.56. The minimum absolute atomic E-state index is 0.00989. The normalized spacial score (nSPS) is 17.5. The Hall–Kier alpha value is -2.69. The third kappa shape index (κ3) is 4.49. The van der Waals surface area contributed by atoms with Gasteiger partial charge in [0.05, 0.1) is 10.1 Å². The maximum Gasteiger partial charge on any atom is 0.277 e. The van der Waals surface area contributed by atoms with Gasteiger partial charge in [0.25, 0.3) is 5.22 Å². The number of amides is 1. The molecule has 0 radical (unpaired) electrons. The van der Waals surface area contributed by atoms with E-state index in [2.05, 4.69) is 10.2 Å². The van der Waals surface area contributed by atoms with E-state index in [4.69, 9.17) is 4.42 Å². The monoisotopic (exact) mass is 498 g/mol. The number of carbonyl (C=O) groups is 1. The molecule has 2 aliphatic heterocycles. The molecule has 2 aromatic carbocycles. The number of sulfonamides is 1. The van der Waals surface area contributed by atoms with E-state index in [9.17, 15) is 13.2 Å². The second kappa shape index (κ2) is 9.52. The fraction of sp³-hybridized carbons (Fsp3) is 0.375. The Morgan fingerprint density at radius 3 is 2.65 bits per heavy atom. The van der Waals surface area contributed by atoms with E-state index >= 15 is 0 Å². The van der Waals surface area contributed by atoms with Gasteiger partial charge in [0.2, 0.25) is 21.8 Å². The van der Waals surface area contributed by atoms with Crippen LogP contribution in [0, 0.1) is 0 Å². The first-order valence-electron chi connectivity index (χ1n) is 11.4. The van der Waals surface area contributed by atoms with Gasteiger partial charge < -0.3 is 9.32 Å². The molecule has 178 valence electrons. The number of para-hydroxylation sites is 1. The van der Waals surface area contributed by atoms with E-state index in [1.807, 2.05) is 31.2 Å². The topological polar surface area (TPSA) is 96.6 Å². The third-order valence-corrected chi connectivity index (χ3v) is 9.04. The molecule has 1 aromatic heterocycles. The van der Waals surface area contributed by atoms with Crippen molar-refractivity contribution in [2.45, 2.75) is 48.0 Å². The summed E-state index contributed by atoms with van der Waals surface area (Å²) in [6.07, 6.45) is 3.66. The van der Waals surface area contributed by atoms with E-state index in [0.717, 1.165) is 31.4 Å². The van der Waals surface area contributed by atoms with Gasteiger partial charge >= 0.3 is 0 Å². The van der Waals surface area contributed by atoms with Gasteiger partial charge in [-0.3, -0.25) is 4.79 Å². The second-order valence-corrected chi connectivity index (χ2v) is 11.7. The Bertz CT molecular complexity index is 1300. The number of piperidine rings is 1. The van der Waals surface area contributed by atoms with Crippen molar-refractivity contribution in [3.63, 3.8) is 0 Å². The van der Waals surface area contributed by atoms with Gasteiger partial charge in [-0.25, -0.2) is 8.42 Å². The maximum atomic E-state index is 13.0. The predicted octanol–water partition coefficient (Wildman–Crippen LogP) is 3.98. The van der Waals surface area contributed by atoms with Crippen LogP contribution in [0.4, 0.5) is 5.69 Å². The van der Waals surface area contributed by atoms with E-state index < -0.39 is 15.3 Å². The van der Waals surface area contributed by atoms with Crippen LogP contribution in [-0.4, -0.2) is 53.7 Å². The van der Waals surface area contributed by atoms with Crippen LogP contribution < -0.4 is 4.90 Å². The van der Waals surface area contributed by atoms with Gasteiger partial charge in [-0.15, -0.1) is 10.2 Å². The van der Waals surface area contributed by atoms with Crippen molar-refractivity contribution in [3.05, 3.63) is 54.1 Å². The van der Waals surface area contributed by atoms with Gasteiger partial charge in [-0.1, -0.05) is 42.4 Å². The SMILES string of the molecule is CC(Sc1nnc(-c2cccc(S(=O)(=O)N3CCCCC3)c2)o1)C(=O)N1CCc2ccccc21. The first kappa shape index (κ1) is 23.1. The zero-order chi connectivity index (χ0) is 23.7. The van der Waals surface area contributed by atoms with Gasteiger partial charge in [-0.05, 0) is 56.0 Å². The highest BCUT2D eigenvalue weighted by molar-refractivity contribution is 8.00. The number of anilines is 1. The molecule has 3 heterocycles. The average Bonchev–Trinajstić information content (AvgIpc) is 3.51. The Kier molecular flexibility index (Phi) is 6.46. The number of carbonyl (C=O) groups excluding carboxylic acids is 1. The lowest BCUT2D eigenvalue weighted by Crippen LogP contribution is -2.35. The van der Waals surface area contributed by atoms with Crippen LogP contribution in [0.3, 0.4) is 0 Å². The Balaban J connectivity index is 1.30. The summed E-state index contributed by atoms with van der Waals surface area (Å²) >= 11 is 1.20. The Morgan fingerprint density at radius 2 is 1.82 bits per heavy atom. The fourth-order valence-electron chi connectivity index (χ4n) is 4.41. The summed E-state index contributed by atoms with van der Waals surface area (Å²) in [4.78, 5) is 15.1. The molecule has 0 spiro atoms. The van der Waals surface area contributed by atoms with Crippen molar-refractivity contribution in [3.8, 4) is 11.5 Å². The minimum atomic E-state index is -3.56. The molecule has 0 bridgehead atoms. The molecule has 2 aliphatic rings. The van der Waals surface area contributed by atoms with Crippen LogP contribution >= 0.6 is 11.8 Å². The van der Waals surface area contributed by atoms with Crippen LogP contribution in [0.2, 0.25) is 0 Å². The van der Waals surface area contributed by atoms with Gasteiger partial charge in [-0.2, -0.15) is 4.31 Å². The number of fused-ring (bicyclic) bond motifs is 1. The summed E-state index contributed by atoms with van der Waals surface area (Å²) in [5.41, 5.74) is 2.66. The third-order valence-electron chi connectivity index (χ3n) is 6.22. The molecule has 0 saturated carbocycles. The zero-order valence-corrected chi connectivity index (χ0v) is 20.5.